The molecular formula is C21H8BrF6NO3. The standard InChI is InChI=1S/C21H8BrF6NO3/c22-13-7-10(23)8-16(29-19(30)11-3-1-2-4-12(11)20(29)31)17(13)32-18-14(24)5-9(6-15(18)25)21(26,27)28/h1-8H. The van der Waals surface area contributed by atoms with E-state index in [-0.39, 0.29) is 27.7 Å². The van der Waals surface area contributed by atoms with Gasteiger partial charge in [-0.1, -0.05) is 12.1 Å². The van der Waals surface area contributed by atoms with Gasteiger partial charge in [0.25, 0.3) is 11.8 Å². The highest BCUT2D eigenvalue weighted by molar-refractivity contribution is 9.10. The number of alkyl halides is 3. The average molecular weight is 516 g/mol. The molecule has 164 valence electrons. The number of imide groups is 1. The van der Waals surface area contributed by atoms with Crippen molar-refractivity contribution in [3.8, 4) is 11.5 Å². The fourth-order valence-electron chi connectivity index (χ4n) is 3.15. The molecule has 0 spiro atoms. The number of anilines is 1. The molecule has 0 aromatic heterocycles. The van der Waals surface area contributed by atoms with Gasteiger partial charge in [-0.3, -0.25) is 9.59 Å². The Hall–Kier alpha value is -3.34. The van der Waals surface area contributed by atoms with Gasteiger partial charge in [0, 0.05) is 6.07 Å². The van der Waals surface area contributed by atoms with E-state index in [1.165, 1.54) is 24.3 Å². The maximum atomic E-state index is 14.3. The normalized spacial score (nSPS) is 13.5. The number of hydrogen-bond acceptors (Lipinski definition) is 3. The highest BCUT2D eigenvalue weighted by Gasteiger charge is 2.39. The Morgan fingerprint density at radius 2 is 1.34 bits per heavy atom. The molecule has 2 amide bonds. The number of carbonyl (C=O) groups is 2. The first-order chi connectivity index (χ1) is 15.0. The maximum absolute atomic E-state index is 14.3. The van der Waals surface area contributed by atoms with Crippen LogP contribution in [-0.2, 0) is 6.18 Å². The lowest BCUT2D eigenvalue weighted by atomic mass is 10.1. The Morgan fingerprint density at radius 3 is 1.84 bits per heavy atom. The molecule has 0 bridgehead atoms. The van der Waals surface area contributed by atoms with Crippen molar-refractivity contribution >= 4 is 33.4 Å². The zero-order chi connectivity index (χ0) is 23.4. The van der Waals surface area contributed by atoms with E-state index >= 15 is 0 Å². The number of ether oxygens (including phenoxy) is 1. The second kappa shape index (κ2) is 7.66. The molecule has 0 saturated carbocycles. The van der Waals surface area contributed by atoms with Gasteiger partial charge in [0.2, 0.25) is 0 Å². The molecule has 0 saturated heterocycles. The van der Waals surface area contributed by atoms with E-state index < -0.39 is 58.2 Å². The van der Waals surface area contributed by atoms with Crippen molar-refractivity contribution in [2.24, 2.45) is 0 Å². The molecule has 0 atom stereocenters. The van der Waals surface area contributed by atoms with Crippen molar-refractivity contribution in [1.82, 2.24) is 0 Å². The number of nitrogens with zero attached hydrogens (tertiary/aromatic N) is 1. The SMILES string of the molecule is O=C1c2ccccc2C(=O)N1c1cc(F)cc(Br)c1Oc1c(F)cc(C(F)(F)F)cc1F. The Labute approximate surface area is 184 Å². The van der Waals surface area contributed by atoms with Crippen LogP contribution in [0.3, 0.4) is 0 Å². The van der Waals surface area contributed by atoms with Crippen LogP contribution in [0.1, 0.15) is 26.3 Å². The molecule has 4 rings (SSSR count). The van der Waals surface area contributed by atoms with Gasteiger partial charge in [-0.2, -0.15) is 13.2 Å². The van der Waals surface area contributed by atoms with E-state index in [0.717, 1.165) is 12.1 Å². The van der Waals surface area contributed by atoms with Crippen molar-refractivity contribution in [2.75, 3.05) is 4.90 Å². The Kier molecular flexibility index (Phi) is 5.24. The van der Waals surface area contributed by atoms with E-state index in [1.54, 1.807) is 0 Å². The molecule has 4 nitrogen and oxygen atoms in total. The van der Waals surface area contributed by atoms with Crippen LogP contribution in [-0.4, -0.2) is 11.8 Å². The molecule has 1 heterocycles. The van der Waals surface area contributed by atoms with E-state index in [9.17, 15) is 35.9 Å². The topological polar surface area (TPSA) is 46.6 Å². The van der Waals surface area contributed by atoms with Crippen LogP contribution < -0.4 is 9.64 Å². The molecule has 0 unspecified atom stereocenters. The second-order valence-corrected chi connectivity index (χ2v) is 7.45. The lowest BCUT2D eigenvalue weighted by Crippen LogP contribution is -2.30. The van der Waals surface area contributed by atoms with Crippen LogP contribution in [0.4, 0.5) is 32.0 Å². The first-order valence-corrected chi connectivity index (χ1v) is 9.49. The molecule has 0 N–H and O–H groups in total. The fourth-order valence-corrected chi connectivity index (χ4v) is 3.65. The molecule has 0 fully saturated rings. The summed E-state index contributed by atoms with van der Waals surface area (Å²) in [4.78, 5) is 26.1. The zero-order valence-corrected chi connectivity index (χ0v) is 17.0. The lowest BCUT2D eigenvalue weighted by Gasteiger charge is -2.20. The van der Waals surface area contributed by atoms with Crippen LogP contribution in [0.2, 0.25) is 0 Å². The minimum Gasteiger partial charge on any atom is -0.448 e. The van der Waals surface area contributed by atoms with Crippen LogP contribution in [0.25, 0.3) is 0 Å². The van der Waals surface area contributed by atoms with Crippen molar-refractivity contribution in [2.45, 2.75) is 6.18 Å². The highest BCUT2D eigenvalue weighted by atomic mass is 79.9. The first kappa shape index (κ1) is 21.9. The number of rotatable bonds is 3. The third kappa shape index (κ3) is 3.62. The van der Waals surface area contributed by atoms with Gasteiger partial charge in [0.05, 0.1) is 26.9 Å². The van der Waals surface area contributed by atoms with Crippen LogP contribution in [0, 0.1) is 17.5 Å². The molecule has 1 aliphatic heterocycles. The molecule has 11 heteroatoms. The Balaban J connectivity index is 1.83. The van der Waals surface area contributed by atoms with Crippen LogP contribution in [0.15, 0.2) is 53.0 Å². The molecule has 3 aromatic rings. The number of amides is 2. The van der Waals surface area contributed by atoms with Gasteiger partial charge in [-0.25, -0.2) is 18.1 Å². The number of halogens is 7. The molecule has 0 aliphatic carbocycles. The number of fused-ring (bicyclic) bond motifs is 1. The minimum absolute atomic E-state index is 0.00993. The summed E-state index contributed by atoms with van der Waals surface area (Å²) in [5.74, 6) is -7.79. The largest absolute Gasteiger partial charge is 0.448 e. The van der Waals surface area contributed by atoms with Crippen molar-refractivity contribution in [3.63, 3.8) is 0 Å². The average Bonchev–Trinajstić information content (AvgIpc) is 2.95. The highest BCUT2D eigenvalue weighted by Crippen LogP contribution is 2.44. The first-order valence-electron chi connectivity index (χ1n) is 8.70. The summed E-state index contributed by atoms with van der Waals surface area (Å²) in [5, 5.41) is 0. The smallest absolute Gasteiger partial charge is 0.416 e. The third-order valence-electron chi connectivity index (χ3n) is 4.55. The second-order valence-electron chi connectivity index (χ2n) is 6.60. The summed E-state index contributed by atoms with van der Waals surface area (Å²) in [6.45, 7) is 0. The van der Waals surface area contributed by atoms with E-state index in [0.29, 0.717) is 4.90 Å². The monoisotopic (exact) mass is 515 g/mol. The predicted molar refractivity (Wildman–Crippen MR) is 103 cm³/mol. The van der Waals surface area contributed by atoms with Gasteiger partial charge in [0.1, 0.15) is 5.82 Å². The van der Waals surface area contributed by atoms with Crippen LogP contribution in [0.5, 0.6) is 11.5 Å². The van der Waals surface area contributed by atoms with E-state index in [2.05, 4.69) is 15.9 Å². The van der Waals surface area contributed by atoms with Crippen molar-refractivity contribution in [1.29, 1.82) is 0 Å². The molecule has 32 heavy (non-hydrogen) atoms. The molecule has 3 aromatic carbocycles. The summed E-state index contributed by atoms with van der Waals surface area (Å²) >= 11 is 2.93. The third-order valence-corrected chi connectivity index (χ3v) is 5.14. The quantitative estimate of drug-likeness (QED) is 0.296. The van der Waals surface area contributed by atoms with Gasteiger partial charge >= 0.3 is 6.18 Å². The van der Waals surface area contributed by atoms with Gasteiger partial charge < -0.3 is 4.74 Å². The minimum atomic E-state index is -5.01. The summed E-state index contributed by atoms with van der Waals surface area (Å²) in [5.41, 5.74) is -2.06. The molecule has 1 aliphatic rings. The Bertz CT molecular complexity index is 1230. The van der Waals surface area contributed by atoms with Crippen molar-refractivity contribution < 1.29 is 40.7 Å². The van der Waals surface area contributed by atoms with Crippen LogP contribution >= 0.6 is 15.9 Å². The van der Waals surface area contributed by atoms with Gasteiger partial charge in [-0.15, -0.1) is 0 Å². The fraction of sp³-hybridized carbons (Fsp3) is 0.0476. The van der Waals surface area contributed by atoms with Gasteiger partial charge in [-0.05, 0) is 46.3 Å². The number of hydrogen-bond donors (Lipinski definition) is 0. The number of benzene rings is 3. The maximum Gasteiger partial charge on any atom is 0.416 e. The number of carbonyl (C=O) groups excluding carboxylic acids is 2. The predicted octanol–water partition coefficient (Wildman–Crippen LogP) is 6.48. The summed E-state index contributed by atoms with van der Waals surface area (Å²) in [6, 6.07) is 7.33. The summed E-state index contributed by atoms with van der Waals surface area (Å²) < 4.78 is 86.0. The van der Waals surface area contributed by atoms with Gasteiger partial charge in [0.15, 0.2) is 23.1 Å². The summed E-state index contributed by atoms with van der Waals surface area (Å²) in [6.07, 6.45) is -5.01. The lowest BCUT2D eigenvalue weighted by molar-refractivity contribution is -0.138. The molecule has 0 radical (unpaired) electrons. The molecular weight excluding hydrogens is 508 g/mol. The van der Waals surface area contributed by atoms with Crippen molar-refractivity contribution in [3.05, 3.63) is 87.1 Å². The van der Waals surface area contributed by atoms with E-state index in [1.807, 2.05) is 0 Å². The summed E-state index contributed by atoms with van der Waals surface area (Å²) in [7, 11) is 0. The van der Waals surface area contributed by atoms with E-state index in [4.69, 9.17) is 4.74 Å². The zero-order valence-electron chi connectivity index (χ0n) is 15.4. The Morgan fingerprint density at radius 1 is 0.812 bits per heavy atom.